The first-order valence-electron chi connectivity index (χ1n) is 6.61. The summed E-state index contributed by atoms with van der Waals surface area (Å²) in [6, 6.07) is 18.7. The zero-order valence-corrected chi connectivity index (χ0v) is 10.8. The summed E-state index contributed by atoms with van der Waals surface area (Å²) in [5, 5.41) is 0. The Morgan fingerprint density at radius 2 is 1.63 bits per heavy atom. The van der Waals surface area contributed by atoms with Crippen LogP contribution in [0.3, 0.4) is 0 Å². The van der Waals surface area contributed by atoms with Gasteiger partial charge < -0.3 is 0 Å². The maximum atomic E-state index is 4.75. The van der Waals surface area contributed by atoms with Crippen LogP contribution in [0, 0.1) is 0 Å². The Morgan fingerprint density at radius 1 is 0.842 bits per heavy atom. The number of aliphatic imine (C=N–C) groups is 2. The molecule has 0 radical (unpaired) electrons. The summed E-state index contributed by atoms with van der Waals surface area (Å²) >= 11 is 0. The lowest BCUT2D eigenvalue weighted by Gasteiger charge is -2.03. The fourth-order valence-corrected chi connectivity index (χ4v) is 2.22. The molecule has 0 aromatic heterocycles. The molecule has 0 unspecified atom stereocenters. The van der Waals surface area contributed by atoms with Crippen molar-refractivity contribution in [2.24, 2.45) is 9.98 Å². The number of aryl methyl sites for hydroxylation is 1. The monoisotopic (exact) mass is 248 g/mol. The van der Waals surface area contributed by atoms with Gasteiger partial charge in [0.05, 0.1) is 12.2 Å². The largest absolute Gasteiger partial charge is 0.286 e. The average Bonchev–Trinajstić information content (AvgIpc) is 2.68. The lowest BCUT2D eigenvalue weighted by atomic mass is 10.1. The van der Waals surface area contributed by atoms with Gasteiger partial charge in [-0.05, 0) is 24.5 Å². The van der Waals surface area contributed by atoms with E-state index in [-0.39, 0.29) is 0 Å². The van der Waals surface area contributed by atoms with E-state index < -0.39 is 0 Å². The first-order chi connectivity index (χ1) is 9.42. The van der Waals surface area contributed by atoms with E-state index in [1.54, 1.807) is 0 Å². The van der Waals surface area contributed by atoms with E-state index >= 15 is 0 Å². The van der Waals surface area contributed by atoms with E-state index in [1.807, 2.05) is 24.4 Å². The predicted octanol–water partition coefficient (Wildman–Crippen LogP) is 3.82. The van der Waals surface area contributed by atoms with Crippen LogP contribution >= 0.6 is 0 Å². The summed E-state index contributed by atoms with van der Waals surface area (Å²) in [5.74, 6) is 0. The maximum Gasteiger partial charge on any atom is 0.0773 e. The summed E-state index contributed by atoms with van der Waals surface area (Å²) in [7, 11) is 0. The van der Waals surface area contributed by atoms with Gasteiger partial charge in [0.25, 0.3) is 0 Å². The normalized spacial score (nSPS) is 13.6. The lowest BCUT2D eigenvalue weighted by molar-refractivity contribution is 1.02. The third kappa shape index (κ3) is 2.97. The van der Waals surface area contributed by atoms with Crippen LogP contribution in [0.5, 0.6) is 0 Å². The summed E-state index contributed by atoms with van der Waals surface area (Å²) in [4.78, 5) is 9.20. The summed E-state index contributed by atoms with van der Waals surface area (Å²) in [6.07, 6.45) is 3.92. The quantitative estimate of drug-likeness (QED) is 0.788. The van der Waals surface area contributed by atoms with Gasteiger partial charge in [0.15, 0.2) is 0 Å². The van der Waals surface area contributed by atoms with Gasteiger partial charge in [-0.25, -0.2) is 0 Å². The third-order valence-corrected chi connectivity index (χ3v) is 3.26. The van der Waals surface area contributed by atoms with E-state index in [2.05, 4.69) is 41.4 Å². The zero-order chi connectivity index (χ0) is 12.9. The molecule has 0 fully saturated rings. The van der Waals surface area contributed by atoms with E-state index in [4.69, 9.17) is 4.99 Å². The number of nitrogens with zero attached hydrogens (tertiary/aromatic N) is 2. The van der Waals surface area contributed by atoms with Crippen LogP contribution in [-0.2, 0) is 6.42 Å². The minimum Gasteiger partial charge on any atom is -0.286 e. The molecule has 0 aliphatic carbocycles. The van der Waals surface area contributed by atoms with Gasteiger partial charge in [0.2, 0.25) is 0 Å². The van der Waals surface area contributed by atoms with Gasteiger partial charge in [-0.1, -0.05) is 48.5 Å². The molecule has 0 spiro atoms. The zero-order valence-electron chi connectivity index (χ0n) is 10.8. The van der Waals surface area contributed by atoms with Crippen molar-refractivity contribution < 1.29 is 0 Å². The molecule has 94 valence electrons. The van der Waals surface area contributed by atoms with Crippen molar-refractivity contribution in [2.75, 3.05) is 6.54 Å². The fourth-order valence-electron chi connectivity index (χ4n) is 2.22. The molecule has 2 heteroatoms. The maximum absolute atomic E-state index is 4.75. The Labute approximate surface area is 113 Å². The van der Waals surface area contributed by atoms with E-state index in [1.165, 1.54) is 5.56 Å². The van der Waals surface area contributed by atoms with Gasteiger partial charge in [0, 0.05) is 17.5 Å². The molecule has 0 atom stereocenters. The molecule has 3 rings (SSSR count). The standard InChI is InChI=1S/C17H16N2/c1-2-6-14(7-3-1)10-11-16-13-18-12-15-8-4-5-9-17(15)19-16/h1-9,12H,10-11,13H2. The van der Waals surface area contributed by atoms with Crippen LogP contribution in [0.1, 0.15) is 17.5 Å². The number of para-hydroxylation sites is 1. The van der Waals surface area contributed by atoms with Crippen molar-refractivity contribution in [1.82, 2.24) is 0 Å². The molecule has 2 aromatic rings. The molecule has 0 saturated heterocycles. The molecular formula is C17H16N2. The van der Waals surface area contributed by atoms with Crippen LogP contribution in [0.25, 0.3) is 0 Å². The SMILES string of the molecule is C1=NCC(CCc2ccccc2)=Nc2ccccc21. The van der Waals surface area contributed by atoms with Crippen molar-refractivity contribution in [3.8, 4) is 0 Å². The Kier molecular flexibility index (Phi) is 3.50. The Morgan fingerprint density at radius 3 is 2.53 bits per heavy atom. The Hall–Kier alpha value is -2.22. The first-order valence-corrected chi connectivity index (χ1v) is 6.61. The molecule has 0 bridgehead atoms. The molecule has 0 amide bonds. The summed E-state index contributed by atoms with van der Waals surface area (Å²) < 4.78 is 0. The number of rotatable bonds is 3. The topological polar surface area (TPSA) is 24.7 Å². The van der Waals surface area contributed by atoms with Crippen molar-refractivity contribution in [3.05, 3.63) is 65.7 Å². The average molecular weight is 248 g/mol. The molecule has 1 aliphatic heterocycles. The second kappa shape index (κ2) is 5.61. The Bertz CT molecular complexity index is 612. The highest BCUT2D eigenvalue weighted by Crippen LogP contribution is 2.20. The smallest absolute Gasteiger partial charge is 0.0773 e. The molecule has 0 saturated carbocycles. The number of benzene rings is 2. The fraction of sp³-hybridized carbons (Fsp3) is 0.176. The van der Waals surface area contributed by atoms with E-state index in [0.717, 1.165) is 29.8 Å². The summed E-state index contributed by atoms with van der Waals surface area (Å²) in [5.41, 5.74) is 4.65. The molecule has 2 aromatic carbocycles. The highest BCUT2D eigenvalue weighted by atomic mass is 14.8. The van der Waals surface area contributed by atoms with E-state index in [0.29, 0.717) is 6.54 Å². The first kappa shape index (κ1) is 11.8. The van der Waals surface area contributed by atoms with Gasteiger partial charge in [-0.3, -0.25) is 9.98 Å². The molecule has 1 heterocycles. The van der Waals surface area contributed by atoms with Crippen LogP contribution < -0.4 is 0 Å². The number of hydrogen-bond acceptors (Lipinski definition) is 2. The molecule has 19 heavy (non-hydrogen) atoms. The summed E-state index contributed by atoms with van der Waals surface area (Å²) in [6.45, 7) is 0.710. The molecule has 1 aliphatic rings. The van der Waals surface area contributed by atoms with E-state index in [9.17, 15) is 0 Å². The second-order valence-electron chi connectivity index (χ2n) is 4.69. The van der Waals surface area contributed by atoms with Crippen LogP contribution in [0.4, 0.5) is 5.69 Å². The predicted molar refractivity (Wildman–Crippen MR) is 80.8 cm³/mol. The van der Waals surface area contributed by atoms with Crippen LogP contribution in [0.15, 0.2) is 64.6 Å². The van der Waals surface area contributed by atoms with Gasteiger partial charge in [-0.2, -0.15) is 0 Å². The van der Waals surface area contributed by atoms with Crippen molar-refractivity contribution in [2.45, 2.75) is 12.8 Å². The molecule has 2 nitrogen and oxygen atoms in total. The van der Waals surface area contributed by atoms with Crippen LogP contribution in [-0.4, -0.2) is 18.5 Å². The van der Waals surface area contributed by atoms with Crippen molar-refractivity contribution in [1.29, 1.82) is 0 Å². The molecule has 0 N–H and O–H groups in total. The third-order valence-electron chi connectivity index (χ3n) is 3.26. The number of hydrogen-bond donors (Lipinski definition) is 0. The highest BCUT2D eigenvalue weighted by Gasteiger charge is 2.06. The number of fused-ring (bicyclic) bond motifs is 1. The van der Waals surface area contributed by atoms with Gasteiger partial charge in [0.1, 0.15) is 0 Å². The lowest BCUT2D eigenvalue weighted by Crippen LogP contribution is -2.04. The van der Waals surface area contributed by atoms with Crippen molar-refractivity contribution in [3.63, 3.8) is 0 Å². The Balaban J connectivity index is 1.76. The second-order valence-corrected chi connectivity index (χ2v) is 4.69. The minimum atomic E-state index is 0.710. The minimum absolute atomic E-state index is 0.710. The van der Waals surface area contributed by atoms with Gasteiger partial charge >= 0.3 is 0 Å². The van der Waals surface area contributed by atoms with Crippen molar-refractivity contribution >= 4 is 17.6 Å². The van der Waals surface area contributed by atoms with Crippen LogP contribution in [0.2, 0.25) is 0 Å². The molecular weight excluding hydrogens is 232 g/mol. The highest BCUT2D eigenvalue weighted by molar-refractivity contribution is 5.97. The van der Waals surface area contributed by atoms with Gasteiger partial charge in [-0.15, -0.1) is 0 Å².